The van der Waals surface area contributed by atoms with Gasteiger partial charge in [0.05, 0.1) is 30.5 Å². The first-order chi connectivity index (χ1) is 14.4. The molecule has 0 aliphatic carbocycles. The standard InChI is InChI=1S/C16H26I3N9O3/c17-11-9(15(25)30)12(18)14(13(19)10(11)16(26)31)28(8(29)3-22)27(4-6(23)1-20)5-7(24)2-21/h6-7H,1-5,20-24H2,(H2,25,30)(H2,26,31). The Kier molecular flexibility index (Phi) is 11.7. The van der Waals surface area contributed by atoms with Gasteiger partial charge >= 0.3 is 0 Å². The zero-order chi connectivity index (χ0) is 24.0. The minimum Gasteiger partial charge on any atom is -0.366 e. The summed E-state index contributed by atoms with van der Waals surface area (Å²) in [5.41, 5.74) is 40.6. The van der Waals surface area contributed by atoms with Crippen molar-refractivity contribution in [3.63, 3.8) is 0 Å². The molecule has 1 rings (SSSR count). The Morgan fingerprint density at radius 2 is 1.16 bits per heavy atom. The van der Waals surface area contributed by atoms with Crippen molar-refractivity contribution < 1.29 is 14.4 Å². The summed E-state index contributed by atoms with van der Waals surface area (Å²) in [6.07, 6.45) is 0. The summed E-state index contributed by atoms with van der Waals surface area (Å²) in [5.74, 6) is -2.09. The highest BCUT2D eigenvalue weighted by Gasteiger charge is 2.34. The average Bonchev–Trinajstić information content (AvgIpc) is 2.69. The van der Waals surface area contributed by atoms with Gasteiger partial charge < -0.3 is 40.1 Å². The van der Waals surface area contributed by atoms with E-state index in [-0.39, 0.29) is 49.5 Å². The van der Waals surface area contributed by atoms with Crippen LogP contribution >= 0.6 is 67.8 Å². The number of carbonyl (C=O) groups is 3. The lowest BCUT2D eigenvalue weighted by Crippen LogP contribution is -2.58. The lowest BCUT2D eigenvalue weighted by Gasteiger charge is -2.39. The fourth-order valence-corrected chi connectivity index (χ4v) is 7.39. The Morgan fingerprint density at radius 1 is 0.774 bits per heavy atom. The van der Waals surface area contributed by atoms with Gasteiger partial charge in [-0.05, 0) is 67.8 Å². The number of hydrogen-bond acceptors (Lipinski definition) is 9. The molecule has 14 N–H and O–H groups in total. The minimum absolute atomic E-state index is 0.0615. The van der Waals surface area contributed by atoms with Crippen molar-refractivity contribution in [3.8, 4) is 0 Å². The maximum absolute atomic E-state index is 13.0. The third-order valence-corrected chi connectivity index (χ3v) is 7.37. The van der Waals surface area contributed by atoms with Crippen molar-refractivity contribution in [1.29, 1.82) is 0 Å². The molecular weight excluding hydrogens is 747 g/mol. The second-order valence-electron chi connectivity index (χ2n) is 6.54. The average molecular weight is 773 g/mol. The van der Waals surface area contributed by atoms with Gasteiger partial charge in [-0.25, -0.2) is 10.0 Å². The molecule has 15 heteroatoms. The largest absolute Gasteiger partial charge is 0.366 e. The minimum atomic E-state index is -0.780. The van der Waals surface area contributed by atoms with Crippen LogP contribution in [0.3, 0.4) is 0 Å². The highest BCUT2D eigenvalue weighted by atomic mass is 127. The van der Waals surface area contributed by atoms with Crippen molar-refractivity contribution in [2.24, 2.45) is 40.1 Å². The summed E-state index contributed by atoms with van der Waals surface area (Å²) in [7, 11) is 0. The number of halogens is 3. The Hall–Kier alpha value is -0.420. The van der Waals surface area contributed by atoms with E-state index >= 15 is 0 Å². The van der Waals surface area contributed by atoms with Crippen molar-refractivity contribution in [1.82, 2.24) is 5.01 Å². The lowest BCUT2D eigenvalue weighted by atomic mass is 10.1. The molecule has 0 fully saturated rings. The number of hydrogen-bond donors (Lipinski definition) is 7. The molecule has 2 atom stereocenters. The second-order valence-corrected chi connectivity index (χ2v) is 9.78. The molecule has 31 heavy (non-hydrogen) atoms. The number of amides is 3. The number of benzene rings is 1. The number of anilines is 1. The lowest BCUT2D eigenvalue weighted by molar-refractivity contribution is -0.120. The van der Waals surface area contributed by atoms with Gasteiger partial charge in [-0.1, -0.05) is 0 Å². The fourth-order valence-electron chi connectivity index (χ4n) is 2.71. The number of rotatable bonds is 11. The number of nitrogens with two attached hydrogens (primary N) is 7. The molecule has 3 amide bonds. The molecule has 174 valence electrons. The zero-order valence-electron chi connectivity index (χ0n) is 16.5. The maximum atomic E-state index is 13.0. The molecule has 0 spiro atoms. The van der Waals surface area contributed by atoms with Crippen molar-refractivity contribution in [2.45, 2.75) is 12.1 Å². The SMILES string of the molecule is NCC(=O)N(c1c(I)c(C(N)=O)c(I)c(C(N)=O)c1I)N(CC(N)CN)CC(N)CN. The van der Waals surface area contributed by atoms with E-state index in [0.717, 1.165) is 0 Å². The molecule has 0 saturated heterocycles. The van der Waals surface area contributed by atoms with E-state index < -0.39 is 29.8 Å². The molecule has 0 aliphatic rings. The normalized spacial score (nSPS) is 13.2. The topological polar surface area (TPSA) is 240 Å². The predicted molar refractivity (Wildman–Crippen MR) is 144 cm³/mol. The highest BCUT2D eigenvalue weighted by molar-refractivity contribution is 14.1. The Bertz CT molecular complexity index is 802. The molecule has 1 aromatic rings. The molecule has 12 nitrogen and oxygen atoms in total. The van der Waals surface area contributed by atoms with Crippen molar-refractivity contribution in [2.75, 3.05) is 37.7 Å². The van der Waals surface area contributed by atoms with Crippen LogP contribution in [0, 0.1) is 10.7 Å². The molecule has 1 aromatic carbocycles. The van der Waals surface area contributed by atoms with Gasteiger partial charge in [0.15, 0.2) is 0 Å². The van der Waals surface area contributed by atoms with Crippen LogP contribution in [0.2, 0.25) is 0 Å². The third kappa shape index (κ3) is 6.79. The van der Waals surface area contributed by atoms with Crippen LogP contribution in [0.15, 0.2) is 0 Å². The van der Waals surface area contributed by atoms with E-state index in [2.05, 4.69) is 0 Å². The van der Waals surface area contributed by atoms with Gasteiger partial charge in [-0.15, -0.1) is 0 Å². The first-order valence-electron chi connectivity index (χ1n) is 8.91. The quantitative estimate of drug-likeness (QED) is 0.0951. The summed E-state index contributed by atoms with van der Waals surface area (Å²) in [6, 6.07) is -1.02. The zero-order valence-corrected chi connectivity index (χ0v) is 23.0. The van der Waals surface area contributed by atoms with E-state index in [4.69, 9.17) is 40.1 Å². The van der Waals surface area contributed by atoms with Crippen LogP contribution < -0.4 is 45.1 Å². The number of carbonyl (C=O) groups excluding carboxylic acids is 3. The second kappa shape index (κ2) is 12.7. The van der Waals surface area contributed by atoms with Crippen molar-refractivity contribution in [3.05, 3.63) is 21.8 Å². The highest BCUT2D eigenvalue weighted by Crippen LogP contribution is 2.38. The van der Waals surface area contributed by atoms with Crippen LogP contribution in [0.5, 0.6) is 0 Å². The van der Waals surface area contributed by atoms with E-state index in [1.807, 2.05) is 67.8 Å². The monoisotopic (exact) mass is 773 g/mol. The summed E-state index contributed by atoms with van der Waals surface area (Å²) in [6.45, 7) is 0.165. The molecular formula is C16H26I3N9O3. The number of hydrazine groups is 1. The van der Waals surface area contributed by atoms with E-state index in [1.165, 1.54) is 5.01 Å². The fraction of sp³-hybridized carbons (Fsp3) is 0.438. The summed E-state index contributed by atoms with van der Waals surface area (Å²) >= 11 is 5.62. The maximum Gasteiger partial charge on any atom is 0.255 e. The van der Waals surface area contributed by atoms with Gasteiger partial charge in [0.2, 0.25) is 0 Å². The van der Waals surface area contributed by atoms with Crippen LogP contribution in [0.25, 0.3) is 0 Å². The van der Waals surface area contributed by atoms with Crippen molar-refractivity contribution >= 4 is 91.2 Å². The first-order valence-corrected chi connectivity index (χ1v) is 12.2. The Balaban J connectivity index is 3.94. The van der Waals surface area contributed by atoms with Crippen LogP contribution in [0.1, 0.15) is 20.7 Å². The van der Waals surface area contributed by atoms with Gasteiger partial charge in [0.1, 0.15) is 0 Å². The number of primary amides is 2. The predicted octanol–water partition coefficient (Wildman–Crippen LogP) is -2.22. The molecule has 0 heterocycles. The van der Waals surface area contributed by atoms with Gasteiger partial charge in [0.25, 0.3) is 17.7 Å². The van der Waals surface area contributed by atoms with Crippen LogP contribution in [-0.4, -0.2) is 67.5 Å². The summed E-state index contributed by atoms with van der Waals surface area (Å²) < 4.78 is 0.982. The smallest absolute Gasteiger partial charge is 0.255 e. The molecule has 2 unspecified atom stereocenters. The molecule has 0 aromatic heterocycles. The molecule has 0 radical (unpaired) electrons. The number of nitrogens with zero attached hydrogens (tertiary/aromatic N) is 2. The van der Waals surface area contributed by atoms with E-state index in [1.54, 1.807) is 5.01 Å². The summed E-state index contributed by atoms with van der Waals surface area (Å²) in [4.78, 5) is 37.4. The van der Waals surface area contributed by atoms with Crippen LogP contribution in [-0.2, 0) is 4.79 Å². The molecule has 0 aliphatic heterocycles. The Morgan fingerprint density at radius 3 is 1.45 bits per heavy atom. The van der Waals surface area contributed by atoms with E-state index in [9.17, 15) is 14.4 Å². The Labute approximate surface area is 220 Å². The molecule has 0 saturated carbocycles. The van der Waals surface area contributed by atoms with Gasteiger partial charge in [0, 0.05) is 41.8 Å². The van der Waals surface area contributed by atoms with Gasteiger partial charge in [-0.3, -0.25) is 14.4 Å². The van der Waals surface area contributed by atoms with Gasteiger partial charge in [-0.2, -0.15) is 0 Å². The van der Waals surface area contributed by atoms with E-state index in [0.29, 0.717) is 10.7 Å². The van der Waals surface area contributed by atoms with Crippen LogP contribution in [0.4, 0.5) is 5.69 Å². The molecule has 0 bridgehead atoms. The first kappa shape index (κ1) is 28.6. The third-order valence-electron chi connectivity index (χ3n) is 4.19. The summed E-state index contributed by atoms with van der Waals surface area (Å²) in [5, 5.41) is 2.82.